The second-order valence-electron chi connectivity index (χ2n) is 5.51. The maximum Gasteiger partial charge on any atom is 0.285 e. The highest BCUT2D eigenvalue weighted by Gasteiger charge is 2.31. The van der Waals surface area contributed by atoms with Crippen LogP contribution in [0.4, 0.5) is 5.69 Å². The predicted octanol–water partition coefficient (Wildman–Crippen LogP) is 2.29. The third kappa shape index (κ3) is 3.83. The minimum atomic E-state index is -3.83. The Morgan fingerprint density at radius 1 is 1.26 bits per heavy atom. The topological polar surface area (TPSA) is 129 Å². The summed E-state index contributed by atoms with van der Waals surface area (Å²) in [6.45, 7) is 0.116. The van der Waals surface area contributed by atoms with E-state index in [1.54, 1.807) is 24.3 Å². The number of hydrazone groups is 1. The Labute approximate surface area is 155 Å². The van der Waals surface area contributed by atoms with E-state index in [0.717, 1.165) is 0 Å². The van der Waals surface area contributed by atoms with Crippen molar-refractivity contribution in [3.63, 3.8) is 0 Å². The summed E-state index contributed by atoms with van der Waals surface area (Å²) < 4.78 is 28.2. The van der Waals surface area contributed by atoms with Crippen LogP contribution >= 0.6 is 0 Å². The van der Waals surface area contributed by atoms with Crippen LogP contribution in [0.15, 0.2) is 62.9 Å². The van der Waals surface area contributed by atoms with E-state index in [4.69, 9.17) is 5.26 Å². The van der Waals surface area contributed by atoms with Crippen molar-refractivity contribution in [1.29, 1.82) is 5.26 Å². The molecule has 0 saturated carbocycles. The Morgan fingerprint density at radius 3 is 2.78 bits per heavy atom. The summed E-state index contributed by atoms with van der Waals surface area (Å²) in [5.74, 6) is 0.113. The summed E-state index contributed by atoms with van der Waals surface area (Å²) in [5, 5.41) is 25.3. The highest BCUT2D eigenvalue weighted by Crippen LogP contribution is 2.27. The van der Waals surface area contributed by atoms with Crippen molar-refractivity contribution in [3.05, 3.63) is 69.8 Å². The SMILES string of the molecule is N#CCCN(/N=C\c1cccc([N+](=O)[O-])c1)C1=NS(=O)(=O)c2ccccc21. The van der Waals surface area contributed by atoms with Crippen LogP contribution in [0, 0.1) is 21.4 Å². The zero-order valence-electron chi connectivity index (χ0n) is 13.9. The Morgan fingerprint density at radius 2 is 2.04 bits per heavy atom. The van der Waals surface area contributed by atoms with Crippen LogP contribution in [-0.4, -0.2) is 36.9 Å². The Hall–Kier alpha value is -3.58. The summed E-state index contributed by atoms with van der Waals surface area (Å²) in [5.41, 5.74) is 0.765. The van der Waals surface area contributed by atoms with Gasteiger partial charge in [0.25, 0.3) is 15.7 Å². The molecule has 0 aliphatic carbocycles. The van der Waals surface area contributed by atoms with Gasteiger partial charge in [0.2, 0.25) is 0 Å². The minimum Gasteiger partial charge on any atom is -0.258 e. The normalized spacial score (nSPS) is 14.4. The van der Waals surface area contributed by atoms with Gasteiger partial charge in [0.15, 0.2) is 5.84 Å². The number of rotatable bonds is 5. The highest BCUT2D eigenvalue weighted by atomic mass is 32.2. The van der Waals surface area contributed by atoms with Crippen LogP contribution in [0.1, 0.15) is 17.5 Å². The smallest absolute Gasteiger partial charge is 0.258 e. The molecule has 0 spiro atoms. The van der Waals surface area contributed by atoms with Crippen molar-refractivity contribution in [2.75, 3.05) is 6.54 Å². The average Bonchev–Trinajstić information content (AvgIpc) is 2.93. The van der Waals surface area contributed by atoms with E-state index in [0.29, 0.717) is 11.1 Å². The molecular weight excluding hydrogens is 370 g/mol. The molecule has 136 valence electrons. The second kappa shape index (κ2) is 7.35. The lowest BCUT2D eigenvalue weighted by atomic mass is 10.2. The van der Waals surface area contributed by atoms with Gasteiger partial charge < -0.3 is 0 Å². The first-order chi connectivity index (χ1) is 12.9. The van der Waals surface area contributed by atoms with E-state index >= 15 is 0 Å². The van der Waals surface area contributed by atoms with Crippen molar-refractivity contribution in [3.8, 4) is 6.07 Å². The van der Waals surface area contributed by atoms with Gasteiger partial charge in [-0.2, -0.15) is 18.8 Å². The van der Waals surface area contributed by atoms with Crippen molar-refractivity contribution >= 4 is 27.8 Å². The van der Waals surface area contributed by atoms with E-state index in [1.807, 2.05) is 6.07 Å². The van der Waals surface area contributed by atoms with Gasteiger partial charge >= 0.3 is 0 Å². The Kier molecular flexibility index (Phi) is 4.96. The summed E-state index contributed by atoms with van der Waals surface area (Å²) in [4.78, 5) is 10.4. The fraction of sp³-hybridized carbons (Fsp3) is 0.118. The molecule has 1 aliphatic rings. The number of benzene rings is 2. The molecule has 3 rings (SSSR count). The molecule has 0 N–H and O–H groups in total. The molecule has 0 unspecified atom stereocenters. The van der Waals surface area contributed by atoms with Crippen molar-refractivity contribution in [2.45, 2.75) is 11.3 Å². The van der Waals surface area contributed by atoms with Gasteiger partial charge in [-0.1, -0.05) is 24.3 Å². The molecule has 0 fully saturated rings. The standard InChI is InChI=1S/C17H13N5O4S/c18-9-4-10-21(19-12-13-5-3-6-14(11-13)22(23)24)17-15-7-1-2-8-16(15)27(25,26)20-17/h1-3,5-8,11-12H,4,10H2/b19-12-. The van der Waals surface area contributed by atoms with Crippen molar-refractivity contribution in [1.82, 2.24) is 5.01 Å². The average molecular weight is 383 g/mol. The molecule has 2 aromatic rings. The molecule has 2 aromatic carbocycles. The zero-order valence-corrected chi connectivity index (χ0v) is 14.7. The molecular formula is C17H13N5O4S. The molecule has 9 nitrogen and oxygen atoms in total. The zero-order chi connectivity index (χ0) is 19.4. The van der Waals surface area contributed by atoms with Crippen LogP contribution in [0.3, 0.4) is 0 Å². The molecule has 10 heteroatoms. The first-order valence-corrected chi connectivity index (χ1v) is 9.24. The van der Waals surface area contributed by atoms with E-state index < -0.39 is 14.9 Å². The third-order valence-electron chi connectivity index (χ3n) is 3.72. The number of nitro groups is 1. The van der Waals surface area contributed by atoms with Crippen LogP contribution in [0.2, 0.25) is 0 Å². The van der Waals surface area contributed by atoms with E-state index in [-0.39, 0.29) is 29.4 Å². The summed E-state index contributed by atoms with van der Waals surface area (Å²) in [6, 6.07) is 14.2. The molecule has 0 bridgehead atoms. The fourth-order valence-electron chi connectivity index (χ4n) is 2.50. The monoisotopic (exact) mass is 383 g/mol. The summed E-state index contributed by atoms with van der Waals surface area (Å²) in [7, 11) is -3.83. The number of hydrogen-bond acceptors (Lipinski definition) is 7. The number of nitro benzene ring substituents is 1. The van der Waals surface area contributed by atoms with Crippen LogP contribution in [0.5, 0.6) is 0 Å². The lowest BCUT2D eigenvalue weighted by Crippen LogP contribution is -2.27. The fourth-order valence-corrected chi connectivity index (χ4v) is 3.71. The quantitative estimate of drug-likeness (QED) is 0.442. The lowest BCUT2D eigenvalue weighted by Gasteiger charge is -2.17. The molecule has 0 aromatic heterocycles. The van der Waals surface area contributed by atoms with Gasteiger partial charge in [0.05, 0.1) is 30.2 Å². The first-order valence-electron chi connectivity index (χ1n) is 7.79. The molecule has 0 atom stereocenters. The van der Waals surface area contributed by atoms with Crippen LogP contribution in [0.25, 0.3) is 0 Å². The molecule has 1 heterocycles. The minimum absolute atomic E-state index is 0.0764. The molecule has 0 amide bonds. The number of nitrogens with zero attached hydrogens (tertiary/aromatic N) is 5. The van der Waals surface area contributed by atoms with E-state index in [2.05, 4.69) is 9.50 Å². The Bertz CT molecular complexity index is 1100. The number of non-ortho nitro benzene ring substituents is 1. The number of amidine groups is 1. The summed E-state index contributed by atoms with van der Waals surface area (Å²) in [6.07, 6.45) is 1.45. The second-order valence-corrected chi connectivity index (χ2v) is 7.09. The molecule has 27 heavy (non-hydrogen) atoms. The lowest BCUT2D eigenvalue weighted by molar-refractivity contribution is -0.384. The summed E-state index contributed by atoms with van der Waals surface area (Å²) >= 11 is 0. The van der Waals surface area contributed by atoms with E-state index in [1.165, 1.54) is 35.5 Å². The molecule has 0 saturated heterocycles. The van der Waals surface area contributed by atoms with Crippen LogP contribution in [-0.2, 0) is 10.0 Å². The van der Waals surface area contributed by atoms with Gasteiger partial charge in [0.1, 0.15) is 4.90 Å². The highest BCUT2D eigenvalue weighted by molar-refractivity contribution is 7.90. The van der Waals surface area contributed by atoms with Crippen LogP contribution < -0.4 is 0 Å². The number of hydrogen-bond donors (Lipinski definition) is 0. The Balaban J connectivity index is 1.98. The van der Waals surface area contributed by atoms with E-state index in [9.17, 15) is 18.5 Å². The van der Waals surface area contributed by atoms with Gasteiger partial charge in [-0.05, 0) is 12.1 Å². The van der Waals surface area contributed by atoms with Crippen molar-refractivity contribution < 1.29 is 13.3 Å². The number of fused-ring (bicyclic) bond motifs is 1. The first kappa shape index (κ1) is 18.2. The van der Waals surface area contributed by atoms with Gasteiger partial charge in [-0.15, -0.1) is 4.40 Å². The number of nitriles is 1. The maximum absolute atomic E-state index is 12.2. The van der Waals surface area contributed by atoms with Gasteiger partial charge in [-0.25, -0.2) is 5.01 Å². The maximum atomic E-state index is 12.2. The predicted molar refractivity (Wildman–Crippen MR) is 97.8 cm³/mol. The van der Waals surface area contributed by atoms with Gasteiger partial charge in [-0.3, -0.25) is 10.1 Å². The molecule has 1 aliphatic heterocycles. The third-order valence-corrected chi connectivity index (χ3v) is 5.04. The van der Waals surface area contributed by atoms with Gasteiger partial charge in [0, 0.05) is 23.3 Å². The molecule has 0 radical (unpaired) electrons. The number of sulfonamides is 1. The van der Waals surface area contributed by atoms with Crippen molar-refractivity contribution in [2.24, 2.45) is 9.50 Å². The largest absolute Gasteiger partial charge is 0.285 e.